The highest BCUT2D eigenvalue weighted by Crippen LogP contribution is 2.16. The molecule has 2 rings (SSSR count). The van der Waals surface area contributed by atoms with Gasteiger partial charge in [-0.15, -0.1) is 0 Å². The van der Waals surface area contributed by atoms with Gasteiger partial charge in [-0.25, -0.2) is 4.98 Å². The highest BCUT2D eigenvalue weighted by atomic mass is 16.1. The summed E-state index contributed by atoms with van der Waals surface area (Å²) in [5, 5.41) is 6.32. The van der Waals surface area contributed by atoms with E-state index < -0.39 is 0 Å². The van der Waals surface area contributed by atoms with Gasteiger partial charge in [-0.05, 0) is 27.7 Å². The third-order valence-electron chi connectivity index (χ3n) is 3.25. The van der Waals surface area contributed by atoms with Gasteiger partial charge < -0.3 is 15.2 Å². The fraction of sp³-hybridized carbons (Fsp3) is 0.714. The van der Waals surface area contributed by atoms with Crippen molar-refractivity contribution in [2.75, 3.05) is 6.54 Å². The number of nitrogens with zero attached hydrogens (tertiary/aromatic N) is 2. The number of aromatic nitrogens is 2. The molecule has 1 aliphatic heterocycles. The van der Waals surface area contributed by atoms with E-state index in [4.69, 9.17) is 0 Å². The molecule has 0 spiro atoms. The Morgan fingerprint density at radius 1 is 1.47 bits per heavy atom. The van der Waals surface area contributed by atoms with Crippen LogP contribution >= 0.6 is 0 Å². The zero-order chi connectivity index (χ0) is 14.0. The summed E-state index contributed by atoms with van der Waals surface area (Å²) < 4.78 is 2.19. The number of carbonyl (C=O) groups excluding carboxylic acids is 1. The smallest absolute Gasteiger partial charge is 0.222 e. The van der Waals surface area contributed by atoms with Crippen LogP contribution in [0, 0.1) is 6.92 Å². The lowest BCUT2D eigenvalue weighted by molar-refractivity contribution is -0.122. The largest absolute Gasteiger partial charge is 0.351 e. The Morgan fingerprint density at radius 3 is 2.89 bits per heavy atom. The van der Waals surface area contributed by atoms with Crippen LogP contribution in [0.4, 0.5) is 0 Å². The molecule has 1 aromatic rings. The van der Waals surface area contributed by atoms with Crippen molar-refractivity contribution < 1.29 is 4.79 Å². The van der Waals surface area contributed by atoms with Crippen molar-refractivity contribution in [2.24, 2.45) is 0 Å². The molecule has 5 heteroatoms. The first-order chi connectivity index (χ1) is 8.87. The number of hydrogen-bond donors (Lipinski definition) is 2. The number of imidazole rings is 1. The summed E-state index contributed by atoms with van der Waals surface area (Å²) in [5.74, 6) is 1.11. The van der Waals surface area contributed by atoms with E-state index in [2.05, 4.69) is 20.2 Å². The zero-order valence-electron chi connectivity index (χ0n) is 12.3. The molecule has 0 saturated heterocycles. The third kappa shape index (κ3) is 3.56. The third-order valence-corrected chi connectivity index (χ3v) is 3.25. The molecule has 0 saturated carbocycles. The van der Waals surface area contributed by atoms with E-state index in [1.807, 2.05) is 27.7 Å². The summed E-state index contributed by atoms with van der Waals surface area (Å²) >= 11 is 0. The lowest BCUT2D eigenvalue weighted by Gasteiger charge is -2.21. The van der Waals surface area contributed by atoms with Crippen molar-refractivity contribution in [2.45, 2.75) is 59.2 Å². The van der Waals surface area contributed by atoms with Gasteiger partial charge in [-0.2, -0.15) is 0 Å². The average Bonchev–Trinajstić information content (AvgIpc) is 2.60. The van der Waals surface area contributed by atoms with E-state index in [1.165, 1.54) is 5.69 Å². The van der Waals surface area contributed by atoms with Crippen molar-refractivity contribution in [1.29, 1.82) is 0 Å². The minimum Gasteiger partial charge on any atom is -0.351 e. The van der Waals surface area contributed by atoms with Crippen LogP contribution in [0.15, 0.2) is 0 Å². The number of fused-ring (bicyclic) bond motifs is 1. The molecule has 1 amide bonds. The molecule has 0 bridgehead atoms. The number of rotatable bonds is 3. The first-order valence-corrected chi connectivity index (χ1v) is 6.93. The molecule has 0 aliphatic carbocycles. The molecule has 0 atom stereocenters. The second-order valence-electron chi connectivity index (χ2n) is 6.18. The zero-order valence-corrected chi connectivity index (χ0v) is 12.3. The molecule has 0 unspecified atom stereocenters. The van der Waals surface area contributed by atoms with E-state index >= 15 is 0 Å². The van der Waals surface area contributed by atoms with Crippen LogP contribution in [0.25, 0.3) is 0 Å². The molecule has 19 heavy (non-hydrogen) atoms. The molecular weight excluding hydrogens is 240 g/mol. The SMILES string of the molecule is Cc1nc2c(n1CCC(=O)NC(C)(C)C)CCNC2. The molecular formula is C14H24N4O. The van der Waals surface area contributed by atoms with Crippen molar-refractivity contribution >= 4 is 5.91 Å². The van der Waals surface area contributed by atoms with Gasteiger partial charge in [0.05, 0.1) is 5.69 Å². The first-order valence-electron chi connectivity index (χ1n) is 6.93. The molecule has 0 radical (unpaired) electrons. The summed E-state index contributed by atoms with van der Waals surface area (Å²) in [7, 11) is 0. The Bertz CT molecular complexity index is 471. The van der Waals surface area contributed by atoms with Gasteiger partial charge in [0.15, 0.2) is 0 Å². The maximum Gasteiger partial charge on any atom is 0.222 e. The average molecular weight is 264 g/mol. The molecule has 5 nitrogen and oxygen atoms in total. The number of nitrogens with one attached hydrogen (secondary N) is 2. The van der Waals surface area contributed by atoms with E-state index in [-0.39, 0.29) is 11.4 Å². The van der Waals surface area contributed by atoms with Crippen LogP contribution in [0.2, 0.25) is 0 Å². The van der Waals surface area contributed by atoms with Crippen molar-refractivity contribution in [1.82, 2.24) is 20.2 Å². The predicted octanol–water partition coefficient (Wildman–Crippen LogP) is 1.14. The van der Waals surface area contributed by atoms with Crippen molar-refractivity contribution in [3.63, 3.8) is 0 Å². The quantitative estimate of drug-likeness (QED) is 0.861. The van der Waals surface area contributed by atoms with Crippen LogP contribution in [0.5, 0.6) is 0 Å². The second kappa shape index (κ2) is 5.33. The highest BCUT2D eigenvalue weighted by Gasteiger charge is 2.19. The Balaban J connectivity index is 2.00. The van der Waals surface area contributed by atoms with Crippen LogP contribution < -0.4 is 10.6 Å². The van der Waals surface area contributed by atoms with Crippen LogP contribution in [0.1, 0.15) is 44.4 Å². The van der Waals surface area contributed by atoms with Gasteiger partial charge in [-0.3, -0.25) is 4.79 Å². The van der Waals surface area contributed by atoms with Gasteiger partial charge in [0.25, 0.3) is 0 Å². The summed E-state index contributed by atoms with van der Waals surface area (Å²) in [6.07, 6.45) is 1.51. The number of carbonyl (C=O) groups is 1. The fourth-order valence-corrected chi connectivity index (χ4v) is 2.50. The van der Waals surface area contributed by atoms with Crippen molar-refractivity contribution in [3.8, 4) is 0 Å². The lowest BCUT2D eigenvalue weighted by Crippen LogP contribution is -2.41. The Morgan fingerprint density at radius 2 is 2.21 bits per heavy atom. The van der Waals surface area contributed by atoms with E-state index in [1.54, 1.807) is 0 Å². The lowest BCUT2D eigenvalue weighted by atomic mass is 10.1. The predicted molar refractivity (Wildman–Crippen MR) is 74.9 cm³/mol. The summed E-state index contributed by atoms with van der Waals surface area (Å²) in [6, 6.07) is 0. The summed E-state index contributed by atoms with van der Waals surface area (Å²) in [4.78, 5) is 16.4. The minimum atomic E-state index is -0.162. The molecule has 2 N–H and O–H groups in total. The number of aryl methyl sites for hydroxylation is 1. The van der Waals surface area contributed by atoms with Gasteiger partial charge in [0.2, 0.25) is 5.91 Å². The number of hydrogen-bond acceptors (Lipinski definition) is 3. The van der Waals surface area contributed by atoms with Crippen LogP contribution in [-0.2, 0) is 24.3 Å². The van der Waals surface area contributed by atoms with Crippen LogP contribution in [0.3, 0.4) is 0 Å². The molecule has 1 aromatic heterocycles. The van der Waals surface area contributed by atoms with Gasteiger partial charge in [-0.1, -0.05) is 0 Å². The molecule has 1 aliphatic rings. The van der Waals surface area contributed by atoms with E-state index in [0.29, 0.717) is 6.42 Å². The Kier molecular flexibility index (Phi) is 3.94. The molecule has 0 fully saturated rings. The maximum absolute atomic E-state index is 11.9. The molecule has 0 aromatic carbocycles. The Hall–Kier alpha value is -1.36. The van der Waals surface area contributed by atoms with Gasteiger partial charge >= 0.3 is 0 Å². The second-order valence-corrected chi connectivity index (χ2v) is 6.18. The van der Waals surface area contributed by atoms with Crippen molar-refractivity contribution in [3.05, 3.63) is 17.2 Å². The highest BCUT2D eigenvalue weighted by molar-refractivity contribution is 5.76. The van der Waals surface area contributed by atoms with Gasteiger partial charge in [0, 0.05) is 43.7 Å². The van der Waals surface area contributed by atoms with E-state index in [0.717, 1.165) is 37.6 Å². The summed E-state index contributed by atoms with van der Waals surface area (Å²) in [5.41, 5.74) is 2.27. The monoisotopic (exact) mass is 264 g/mol. The molecule has 2 heterocycles. The summed E-state index contributed by atoms with van der Waals surface area (Å²) in [6.45, 7) is 10.6. The first kappa shape index (κ1) is 14.1. The van der Waals surface area contributed by atoms with Gasteiger partial charge in [0.1, 0.15) is 5.82 Å². The molecule has 106 valence electrons. The normalized spacial score (nSPS) is 15.2. The number of amides is 1. The van der Waals surface area contributed by atoms with E-state index in [9.17, 15) is 4.79 Å². The minimum absolute atomic E-state index is 0.100. The fourth-order valence-electron chi connectivity index (χ4n) is 2.50. The topological polar surface area (TPSA) is 59.0 Å². The Labute approximate surface area is 114 Å². The standard InChI is InChI=1S/C14H24N4O/c1-10-16-11-9-15-7-5-12(11)18(10)8-6-13(19)17-14(2,3)4/h15H,5-9H2,1-4H3,(H,17,19). The maximum atomic E-state index is 11.9. The van der Waals surface area contributed by atoms with Crippen LogP contribution in [-0.4, -0.2) is 27.5 Å².